The van der Waals surface area contributed by atoms with Crippen LogP contribution in [0.15, 0.2) is 47.0 Å². The summed E-state index contributed by atoms with van der Waals surface area (Å²) in [4.78, 5) is 26.7. The molecule has 0 aliphatic carbocycles. The van der Waals surface area contributed by atoms with E-state index in [-0.39, 0.29) is 23.7 Å². The third-order valence-corrected chi connectivity index (χ3v) is 3.84. The molecule has 0 unspecified atom stereocenters. The van der Waals surface area contributed by atoms with E-state index < -0.39 is 10.8 Å². The first-order valence-electron chi connectivity index (χ1n) is 8.09. The van der Waals surface area contributed by atoms with Crippen LogP contribution in [0.5, 0.6) is 11.5 Å². The number of carbonyl (C=O) groups is 1. The smallest absolute Gasteiger partial charge is 0.270 e. The number of carbonyl (C=O) groups excluding carboxylic acids is 1. The Bertz CT molecular complexity index is 1020. The maximum atomic E-state index is 12.2. The van der Waals surface area contributed by atoms with Gasteiger partial charge in [-0.15, -0.1) is 0 Å². The third-order valence-electron chi connectivity index (χ3n) is 3.84. The molecule has 10 heteroatoms. The summed E-state index contributed by atoms with van der Waals surface area (Å²) in [5.41, 5.74) is 0.591. The highest BCUT2D eigenvalue weighted by Gasteiger charge is 2.16. The van der Waals surface area contributed by atoms with Crippen molar-refractivity contribution in [1.29, 1.82) is 0 Å². The zero-order valence-electron chi connectivity index (χ0n) is 15.0. The number of amides is 1. The molecule has 0 aliphatic heterocycles. The maximum Gasteiger partial charge on any atom is 0.270 e. The molecular formula is C18H16N4O6. The number of benzene rings is 2. The first kappa shape index (κ1) is 18.8. The number of aromatic nitrogens is 2. The van der Waals surface area contributed by atoms with E-state index in [4.69, 9.17) is 14.0 Å². The molecule has 1 N–H and O–H groups in total. The Morgan fingerprint density at radius 3 is 2.75 bits per heavy atom. The fourth-order valence-electron chi connectivity index (χ4n) is 2.44. The van der Waals surface area contributed by atoms with E-state index in [1.807, 2.05) is 0 Å². The van der Waals surface area contributed by atoms with Gasteiger partial charge in [0.1, 0.15) is 11.5 Å². The number of nitro groups is 1. The van der Waals surface area contributed by atoms with Crippen LogP contribution in [0.1, 0.15) is 16.2 Å². The SMILES string of the molecule is COc1ccc(-c2noc(CNC(=O)c3cccc([N+](=O)[O-])c3)n2)c(OC)c1. The van der Waals surface area contributed by atoms with E-state index in [0.717, 1.165) is 0 Å². The molecule has 144 valence electrons. The Morgan fingerprint density at radius 1 is 1.21 bits per heavy atom. The first-order valence-corrected chi connectivity index (χ1v) is 8.09. The highest BCUT2D eigenvalue weighted by atomic mass is 16.6. The molecule has 3 rings (SSSR count). The van der Waals surface area contributed by atoms with Gasteiger partial charge in [-0.25, -0.2) is 0 Å². The van der Waals surface area contributed by atoms with Crippen LogP contribution >= 0.6 is 0 Å². The second kappa shape index (κ2) is 8.16. The zero-order valence-corrected chi connectivity index (χ0v) is 15.0. The van der Waals surface area contributed by atoms with Crippen LogP contribution < -0.4 is 14.8 Å². The molecule has 0 saturated heterocycles. The van der Waals surface area contributed by atoms with Gasteiger partial charge in [0.2, 0.25) is 11.7 Å². The molecule has 2 aromatic carbocycles. The summed E-state index contributed by atoms with van der Waals surface area (Å²) in [7, 11) is 3.06. The Kier molecular flexibility index (Phi) is 5.49. The number of ether oxygens (including phenoxy) is 2. The van der Waals surface area contributed by atoms with Crippen molar-refractivity contribution < 1.29 is 23.7 Å². The quantitative estimate of drug-likeness (QED) is 0.486. The minimum atomic E-state index is -0.566. The average Bonchev–Trinajstić information content (AvgIpc) is 3.20. The molecule has 0 atom stereocenters. The summed E-state index contributed by atoms with van der Waals surface area (Å²) in [5, 5.41) is 17.3. The van der Waals surface area contributed by atoms with Crippen molar-refractivity contribution in [3.8, 4) is 22.9 Å². The fraction of sp³-hybridized carbons (Fsp3) is 0.167. The van der Waals surface area contributed by atoms with Crippen LogP contribution in [0, 0.1) is 10.1 Å². The van der Waals surface area contributed by atoms with Gasteiger partial charge in [0, 0.05) is 23.8 Å². The average molecular weight is 384 g/mol. The van der Waals surface area contributed by atoms with Crippen molar-refractivity contribution in [1.82, 2.24) is 15.5 Å². The van der Waals surface area contributed by atoms with Gasteiger partial charge >= 0.3 is 0 Å². The topological polar surface area (TPSA) is 130 Å². The number of non-ortho nitro benzene ring substituents is 1. The summed E-state index contributed by atoms with van der Waals surface area (Å²) in [6.45, 7) is -0.0347. The molecule has 0 spiro atoms. The molecule has 0 bridgehead atoms. The standard InChI is InChI=1S/C18H16N4O6/c1-26-13-6-7-14(15(9-13)27-2)17-20-16(28-21-17)10-19-18(23)11-4-3-5-12(8-11)22(24)25/h3-9H,10H2,1-2H3,(H,19,23). The number of rotatable bonds is 7. The summed E-state index contributed by atoms with van der Waals surface area (Å²) >= 11 is 0. The lowest BCUT2D eigenvalue weighted by Crippen LogP contribution is -2.23. The minimum absolute atomic E-state index is 0.0347. The first-order chi connectivity index (χ1) is 13.5. The summed E-state index contributed by atoms with van der Waals surface area (Å²) < 4.78 is 15.6. The highest BCUT2D eigenvalue weighted by molar-refractivity contribution is 5.94. The van der Waals surface area contributed by atoms with E-state index in [1.54, 1.807) is 25.3 Å². The van der Waals surface area contributed by atoms with Gasteiger partial charge in [0.25, 0.3) is 11.6 Å². The lowest BCUT2D eigenvalue weighted by molar-refractivity contribution is -0.384. The van der Waals surface area contributed by atoms with E-state index in [0.29, 0.717) is 22.9 Å². The van der Waals surface area contributed by atoms with Gasteiger partial charge < -0.3 is 19.3 Å². The summed E-state index contributed by atoms with van der Waals surface area (Å²) in [6.07, 6.45) is 0. The second-order valence-electron chi connectivity index (χ2n) is 5.57. The Morgan fingerprint density at radius 2 is 2.04 bits per heavy atom. The van der Waals surface area contributed by atoms with Gasteiger partial charge in [-0.2, -0.15) is 4.98 Å². The molecule has 0 fully saturated rings. The molecule has 1 heterocycles. The van der Waals surface area contributed by atoms with Crippen LogP contribution in [-0.2, 0) is 6.54 Å². The van der Waals surface area contributed by atoms with E-state index in [1.165, 1.54) is 31.4 Å². The molecule has 0 aliphatic rings. The van der Waals surface area contributed by atoms with Crippen molar-refractivity contribution in [3.63, 3.8) is 0 Å². The number of hydrogen-bond acceptors (Lipinski definition) is 8. The highest BCUT2D eigenvalue weighted by Crippen LogP contribution is 2.31. The number of hydrogen-bond donors (Lipinski definition) is 1. The fourth-order valence-corrected chi connectivity index (χ4v) is 2.44. The van der Waals surface area contributed by atoms with Gasteiger partial charge in [-0.3, -0.25) is 14.9 Å². The summed E-state index contributed by atoms with van der Waals surface area (Å²) in [5.74, 6) is 1.09. The second-order valence-corrected chi connectivity index (χ2v) is 5.57. The van der Waals surface area contributed by atoms with Gasteiger partial charge in [-0.1, -0.05) is 11.2 Å². The van der Waals surface area contributed by atoms with Crippen LogP contribution in [0.25, 0.3) is 11.4 Å². The summed E-state index contributed by atoms with van der Waals surface area (Å²) in [6, 6.07) is 10.6. The minimum Gasteiger partial charge on any atom is -0.497 e. The predicted octanol–water partition coefficient (Wildman–Crippen LogP) is 2.59. The third kappa shape index (κ3) is 4.06. The largest absolute Gasteiger partial charge is 0.497 e. The van der Waals surface area contributed by atoms with Crippen molar-refractivity contribution in [2.24, 2.45) is 0 Å². The monoisotopic (exact) mass is 384 g/mol. The molecule has 1 aromatic heterocycles. The number of methoxy groups -OCH3 is 2. The van der Waals surface area contributed by atoms with E-state index in [2.05, 4.69) is 15.5 Å². The van der Waals surface area contributed by atoms with Crippen molar-refractivity contribution in [3.05, 3.63) is 64.0 Å². The van der Waals surface area contributed by atoms with Crippen LogP contribution in [0.3, 0.4) is 0 Å². The number of nitrogens with zero attached hydrogens (tertiary/aromatic N) is 3. The molecule has 10 nitrogen and oxygen atoms in total. The lowest BCUT2D eigenvalue weighted by Gasteiger charge is -2.07. The molecule has 0 radical (unpaired) electrons. The number of nitrogens with one attached hydrogen (secondary N) is 1. The van der Waals surface area contributed by atoms with E-state index >= 15 is 0 Å². The predicted molar refractivity (Wildman–Crippen MR) is 97.1 cm³/mol. The lowest BCUT2D eigenvalue weighted by atomic mass is 10.2. The van der Waals surface area contributed by atoms with Gasteiger partial charge in [0.15, 0.2) is 0 Å². The van der Waals surface area contributed by atoms with Crippen molar-refractivity contribution in [2.75, 3.05) is 14.2 Å². The Balaban J connectivity index is 1.71. The van der Waals surface area contributed by atoms with Crippen molar-refractivity contribution >= 4 is 11.6 Å². The van der Waals surface area contributed by atoms with Crippen LogP contribution in [-0.4, -0.2) is 35.2 Å². The maximum absolute atomic E-state index is 12.2. The molecular weight excluding hydrogens is 368 g/mol. The normalized spacial score (nSPS) is 10.4. The van der Waals surface area contributed by atoms with Crippen molar-refractivity contribution in [2.45, 2.75) is 6.54 Å². The van der Waals surface area contributed by atoms with E-state index in [9.17, 15) is 14.9 Å². The van der Waals surface area contributed by atoms with Crippen LogP contribution in [0.2, 0.25) is 0 Å². The number of nitro benzene ring substituents is 1. The molecule has 3 aromatic rings. The Labute approximate surface area is 159 Å². The van der Waals surface area contributed by atoms with Gasteiger partial charge in [0.05, 0.1) is 31.3 Å². The molecule has 28 heavy (non-hydrogen) atoms. The molecule has 1 amide bonds. The molecule has 0 saturated carbocycles. The zero-order chi connectivity index (χ0) is 20.1. The van der Waals surface area contributed by atoms with Crippen LogP contribution in [0.4, 0.5) is 5.69 Å². The Hall–Kier alpha value is -3.95. The van der Waals surface area contributed by atoms with Gasteiger partial charge in [-0.05, 0) is 18.2 Å².